The summed E-state index contributed by atoms with van der Waals surface area (Å²) in [6.07, 6.45) is 3.83. The van der Waals surface area contributed by atoms with Crippen molar-refractivity contribution in [2.75, 3.05) is 5.32 Å². The van der Waals surface area contributed by atoms with Crippen LogP contribution < -0.4 is 10.6 Å². The van der Waals surface area contributed by atoms with E-state index in [0.29, 0.717) is 6.04 Å². The summed E-state index contributed by atoms with van der Waals surface area (Å²) in [4.78, 5) is 9.79. The number of hydrogen-bond acceptors (Lipinski definition) is 5. The number of piperidine rings is 1. The Morgan fingerprint density at radius 3 is 2.60 bits per heavy atom. The van der Waals surface area contributed by atoms with Crippen LogP contribution in [0.3, 0.4) is 0 Å². The van der Waals surface area contributed by atoms with Crippen molar-refractivity contribution >= 4 is 27.4 Å². The molecule has 3 heterocycles. The van der Waals surface area contributed by atoms with E-state index in [4.69, 9.17) is 0 Å². The van der Waals surface area contributed by atoms with E-state index in [1.165, 1.54) is 0 Å². The number of anilines is 1. The fourth-order valence-electron chi connectivity index (χ4n) is 3.52. The first-order valence-corrected chi connectivity index (χ1v) is 7.97. The molecule has 1 saturated heterocycles. The van der Waals surface area contributed by atoms with E-state index in [2.05, 4.69) is 59.7 Å². The molecule has 108 valence electrons. The standard InChI is InChI=1S/C15H22N4S/c1-14(2)7-10(8-15(3,4)19-14)18-12-11-5-6-20-13(11)17-9-16-12/h5-6,9-10,19H,7-8H2,1-4H3,(H,16,17,18). The van der Waals surface area contributed by atoms with Crippen molar-refractivity contribution in [2.45, 2.75) is 57.7 Å². The van der Waals surface area contributed by atoms with Crippen LogP contribution in [0.15, 0.2) is 17.8 Å². The molecule has 0 spiro atoms. The van der Waals surface area contributed by atoms with Gasteiger partial charge in [-0.15, -0.1) is 11.3 Å². The molecule has 0 unspecified atom stereocenters. The normalized spacial score (nSPS) is 22.0. The quantitative estimate of drug-likeness (QED) is 0.890. The zero-order valence-electron chi connectivity index (χ0n) is 12.5. The molecule has 0 aliphatic carbocycles. The van der Waals surface area contributed by atoms with Crippen molar-refractivity contribution < 1.29 is 0 Å². The van der Waals surface area contributed by atoms with Gasteiger partial charge in [0, 0.05) is 17.1 Å². The minimum Gasteiger partial charge on any atom is -0.367 e. The molecule has 0 saturated carbocycles. The maximum atomic E-state index is 4.43. The lowest BCUT2D eigenvalue weighted by Gasteiger charge is -2.46. The first-order valence-electron chi connectivity index (χ1n) is 7.09. The molecule has 0 radical (unpaired) electrons. The van der Waals surface area contributed by atoms with Gasteiger partial charge in [-0.1, -0.05) is 0 Å². The van der Waals surface area contributed by atoms with Crippen LogP contribution in [-0.4, -0.2) is 27.1 Å². The summed E-state index contributed by atoms with van der Waals surface area (Å²) in [5, 5.41) is 10.5. The fraction of sp³-hybridized carbons (Fsp3) is 0.600. The molecule has 2 aromatic rings. The topological polar surface area (TPSA) is 49.8 Å². The molecule has 4 nitrogen and oxygen atoms in total. The van der Waals surface area contributed by atoms with Crippen LogP contribution in [0.1, 0.15) is 40.5 Å². The largest absolute Gasteiger partial charge is 0.367 e. The first kappa shape index (κ1) is 13.8. The van der Waals surface area contributed by atoms with E-state index in [1.807, 2.05) is 0 Å². The van der Waals surface area contributed by atoms with Crippen molar-refractivity contribution in [3.63, 3.8) is 0 Å². The number of aromatic nitrogens is 2. The number of rotatable bonds is 2. The van der Waals surface area contributed by atoms with Crippen LogP contribution in [0.2, 0.25) is 0 Å². The summed E-state index contributed by atoms with van der Waals surface area (Å²) in [6.45, 7) is 9.07. The Labute approximate surface area is 124 Å². The SMILES string of the molecule is CC1(C)CC(Nc2ncnc3sccc23)CC(C)(C)N1. The van der Waals surface area contributed by atoms with Gasteiger partial charge in [0.05, 0.1) is 5.39 Å². The molecule has 3 rings (SSSR count). The number of nitrogens with one attached hydrogen (secondary N) is 2. The molecular weight excluding hydrogens is 268 g/mol. The summed E-state index contributed by atoms with van der Waals surface area (Å²) in [5.41, 5.74) is 0.278. The first-order chi connectivity index (χ1) is 9.35. The van der Waals surface area contributed by atoms with Crippen LogP contribution in [0.4, 0.5) is 5.82 Å². The van der Waals surface area contributed by atoms with Gasteiger partial charge in [-0.2, -0.15) is 0 Å². The van der Waals surface area contributed by atoms with Crippen molar-refractivity contribution in [3.8, 4) is 0 Å². The molecule has 1 aliphatic rings. The molecule has 1 fully saturated rings. The fourth-order valence-corrected chi connectivity index (χ4v) is 4.26. The average molecular weight is 290 g/mol. The highest BCUT2D eigenvalue weighted by atomic mass is 32.1. The van der Waals surface area contributed by atoms with E-state index >= 15 is 0 Å². The van der Waals surface area contributed by atoms with Crippen molar-refractivity contribution in [2.24, 2.45) is 0 Å². The number of hydrogen-bond donors (Lipinski definition) is 2. The van der Waals surface area contributed by atoms with Crippen LogP contribution >= 0.6 is 11.3 Å². The lowest BCUT2D eigenvalue weighted by Crippen LogP contribution is -2.60. The molecule has 0 bridgehead atoms. The molecule has 0 aromatic carbocycles. The van der Waals surface area contributed by atoms with Gasteiger partial charge in [0.25, 0.3) is 0 Å². The van der Waals surface area contributed by atoms with Crippen LogP contribution in [0.25, 0.3) is 10.2 Å². The van der Waals surface area contributed by atoms with Gasteiger partial charge in [-0.05, 0) is 52.0 Å². The van der Waals surface area contributed by atoms with E-state index in [-0.39, 0.29) is 11.1 Å². The molecule has 5 heteroatoms. The summed E-state index contributed by atoms with van der Waals surface area (Å²) < 4.78 is 0. The van der Waals surface area contributed by atoms with Gasteiger partial charge in [-0.25, -0.2) is 9.97 Å². The van der Waals surface area contributed by atoms with E-state index < -0.39 is 0 Å². The van der Waals surface area contributed by atoms with Gasteiger partial charge in [-0.3, -0.25) is 0 Å². The lowest BCUT2D eigenvalue weighted by molar-refractivity contribution is 0.170. The average Bonchev–Trinajstić information content (AvgIpc) is 2.73. The predicted octanol–water partition coefficient (Wildman–Crippen LogP) is 3.41. The third-order valence-corrected chi connectivity index (χ3v) is 4.61. The second kappa shape index (κ2) is 4.67. The Kier molecular flexibility index (Phi) is 3.21. The van der Waals surface area contributed by atoms with Crippen LogP contribution in [-0.2, 0) is 0 Å². The monoisotopic (exact) mass is 290 g/mol. The van der Waals surface area contributed by atoms with E-state index in [1.54, 1.807) is 17.7 Å². The van der Waals surface area contributed by atoms with E-state index in [0.717, 1.165) is 28.9 Å². The second-order valence-electron chi connectivity index (χ2n) is 7.00. The third kappa shape index (κ3) is 2.79. The van der Waals surface area contributed by atoms with Crippen molar-refractivity contribution in [3.05, 3.63) is 17.8 Å². The van der Waals surface area contributed by atoms with Crippen LogP contribution in [0, 0.1) is 0 Å². The number of thiophene rings is 1. The highest BCUT2D eigenvalue weighted by molar-refractivity contribution is 7.16. The molecule has 2 N–H and O–H groups in total. The van der Waals surface area contributed by atoms with Gasteiger partial charge in [0.2, 0.25) is 0 Å². The van der Waals surface area contributed by atoms with Crippen molar-refractivity contribution in [1.29, 1.82) is 0 Å². The molecule has 1 aliphatic heterocycles. The molecule has 2 aromatic heterocycles. The minimum absolute atomic E-state index is 0.139. The Morgan fingerprint density at radius 2 is 1.90 bits per heavy atom. The highest BCUT2D eigenvalue weighted by Crippen LogP contribution is 2.32. The molecule has 0 atom stereocenters. The summed E-state index contributed by atoms with van der Waals surface area (Å²) in [6, 6.07) is 2.53. The van der Waals surface area contributed by atoms with E-state index in [9.17, 15) is 0 Å². The summed E-state index contributed by atoms with van der Waals surface area (Å²) in [7, 11) is 0. The second-order valence-corrected chi connectivity index (χ2v) is 7.90. The van der Waals surface area contributed by atoms with Gasteiger partial charge in [0.1, 0.15) is 17.0 Å². The highest BCUT2D eigenvalue weighted by Gasteiger charge is 2.37. The zero-order valence-corrected chi connectivity index (χ0v) is 13.3. The number of nitrogens with zero attached hydrogens (tertiary/aromatic N) is 2. The van der Waals surface area contributed by atoms with Gasteiger partial charge < -0.3 is 10.6 Å². The van der Waals surface area contributed by atoms with Gasteiger partial charge in [0.15, 0.2) is 0 Å². The van der Waals surface area contributed by atoms with Gasteiger partial charge >= 0.3 is 0 Å². The smallest absolute Gasteiger partial charge is 0.138 e. The molecule has 20 heavy (non-hydrogen) atoms. The summed E-state index contributed by atoms with van der Waals surface area (Å²) >= 11 is 1.66. The maximum absolute atomic E-state index is 4.43. The lowest BCUT2D eigenvalue weighted by atomic mass is 9.79. The number of fused-ring (bicyclic) bond motifs is 1. The zero-order chi connectivity index (χ0) is 14.4. The Balaban J connectivity index is 1.85. The summed E-state index contributed by atoms with van der Waals surface area (Å²) in [5.74, 6) is 0.967. The Bertz CT molecular complexity index is 601. The maximum Gasteiger partial charge on any atom is 0.138 e. The molecular formula is C15H22N4S. The van der Waals surface area contributed by atoms with Crippen molar-refractivity contribution in [1.82, 2.24) is 15.3 Å². The Hall–Kier alpha value is -1.20. The molecule has 0 amide bonds. The third-order valence-electron chi connectivity index (χ3n) is 3.79. The van der Waals surface area contributed by atoms with Crippen LogP contribution in [0.5, 0.6) is 0 Å². The minimum atomic E-state index is 0.139. The predicted molar refractivity (Wildman–Crippen MR) is 85.4 cm³/mol. The Morgan fingerprint density at radius 1 is 1.20 bits per heavy atom.